The number of nitrogens with zero attached hydrogens (tertiary/aromatic N) is 1. The second-order valence-corrected chi connectivity index (χ2v) is 7.86. The number of hydrogen-bond donors (Lipinski definition) is 1. The van der Waals surface area contributed by atoms with Crippen molar-refractivity contribution >= 4 is 17.0 Å². The lowest BCUT2D eigenvalue weighted by atomic mass is 9.86. The van der Waals surface area contributed by atoms with E-state index in [4.69, 9.17) is 4.99 Å². The van der Waals surface area contributed by atoms with Crippen molar-refractivity contribution in [2.75, 3.05) is 0 Å². The van der Waals surface area contributed by atoms with Crippen LogP contribution in [0.2, 0.25) is 0 Å². The summed E-state index contributed by atoms with van der Waals surface area (Å²) in [5, 5.41) is 0. The number of fused-ring (bicyclic) bond motifs is 2. The number of rotatable bonds is 1. The fraction of sp³-hybridized carbons (Fsp3) is 0.435. The van der Waals surface area contributed by atoms with Gasteiger partial charge in [0.05, 0.1) is 5.70 Å². The molecule has 0 saturated heterocycles. The molecule has 1 aliphatic carbocycles. The van der Waals surface area contributed by atoms with Crippen molar-refractivity contribution in [3.8, 4) is 0 Å². The molecule has 25 heavy (non-hydrogen) atoms. The lowest BCUT2D eigenvalue weighted by Crippen LogP contribution is -2.04. The molecule has 0 unspecified atom stereocenters. The number of nitrogens with one attached hydrogen (secondary N) is 1. The first kappa shape index (κ1) is 16.4. The molecular formula is C23H28N2. The first-order valence-corrected chi connectivity index (χ1v) is 9.40. The fourth-order valence-electron chi connectivity index (χ4n) is 4.80. The number of H-pyrrole nitrogens is 1. The number of hydrogen-bond acceptors (Lipinski definition) is 1. The zero-order valence-corrected chi connectivity index (χ0v) is 16.6. The highest BCUT2D eigenvalue weighted by Crippen LogP contribution is 2.42. The van der Waals surface area contributed by atoms with Gasteiger partial charge in [0.25, 0.3) is 0 Å². The Hall–Kier alpha value is -2.09. The summed E-state index contributed by atoms with van der Waals surface area (Å²) in [6.07, 6.45) is 3.69. The maximum Gasteiger partial charge on any atom is 0.0764 e. The molecule has 0 bridgehead atoms. The second-order valence-electron chi connectivity index (χ2n) is 7.86. The van der Waals surface area contributed by atoms with Gasteiger partial charge in [0.1, 0.15) is 0 Å². The van der Waals surface area contributed by atoms with Crippen LogP contribution in [-0.2, 0) is 12.8 Å². The van der Waals surface area contributed by atoms with E-state index in [-0.39, 0.29) is 0 Å². The van der Waals surface area contributed by atoms with Gasteiger partial charge in [0.15, 0.2) is 0 Å². The first-order chi connectivity index (χ1) is 11.8. The van der Waals surface area contributed by atoms with Crippen LogP contribution in [0.25, 0.3) is 11.3 Å². The Morgan fingerprint density at radius 3 is 2.08 bits per heavy atom. The summed E-state index contributed by atoms with van der Waals surface area (Å²) < 4.78 is 0. The molecule has 0 amide bonds. The van der Waals surface area contributed by atoms with Crippen molar-refractivity contribution < 1.29 is 0 Å². The number of aromatic amines is 1. The normalized spacial score (nSPS) is 17.6. The summed E-state index contributed by atoms with van der Waals surface area (Å²) >= 11 is 0. The van der Waals surface area contributed by atoms with E-state index in [1.807, 2.05) is 0 Å². The highest BCUT2D eigenvalue weighted by Gasteiger charge is 2.28. The molecular weight excluding hydrogens is 304 g/mol. The average molecular weight is 332 g/mol. The summed E-state index contributed by atoms with van der Waals surface area (Å²) in [6.45, 7) is 15.6. The van der Waals surface area contributed by atoms with Crippen LogP contribution in [0.3, 0.4) is 0 Å². The van der Waals surface area contributed by atoms with Crippen molar-refractivity contribution in [2.45, 2.75) is 67.7 Å². The summed E-state index contributed by atoms with van der Waals surface area (Å²) in [7, 11) is 0. The SMILES string of the molecule is CC1=NC(=C(C)c2[nH]c3c(c2C)CCC3)c2c(C)c(C)c(C)c(C)c21. The number of allylic oxidation sites excluding steroid dienone is 1. The van der Waals surface area contributed by atoms with Gasteiger partial charge in [-0.25, -0.2) is 0 Å². The fourth-order valence-corrected chi connectivity index (χ4v) is 4.80. The predicted octanol–water partition coefficient (Wildman–Crippen LogP) is 5.76. The molecule has 0 saturated carbocycles. The molecule has 1 aromatic heterocycles. The lowest BCUT2D eigenvalue weighted by molar-refractivity contribution is 0.887. The van der Waals surface area contributed by atoms with Crippen LogP contribution in [0.1, 0.15) is 76.2 Å². The Labute approximate surface area is 151 Å². The van der Waals surface area contributed by atoms with Gasteiger partial charge < -0.3 is 4.98 Å². The van der Waals surface area contributed by atoms with Crippen LogP contribution in [0.4, 0.5) is 0 Å². The highest BCUT2D eigenvalue weighted by molar-refractivity contribution is 6.15. The average Bonchev–Trinajstić information content (AvgIpc) is 3.25. The molecule has 130 valence electrons. The molecule has 2 heterocycles. The Bertz CT molecular complexity index is 980. The highest BCUT2D eigenvalue weighted by atomic mass is 14.8. The Morgan fingerprint density at radius 2 is 1.44 bits per heavy atom. The minimum absolute atomic E-state index is 1.16. The van der Waals surface area contributed by atoms with Crippen LogP contribution in [0.15, 0.2) is 4.99 Å². The van der Waals surface area contributed by atoms with E-state index in [9.17, 15) is 0 Å². The quantitative estimate of drug-likeness (QED) is 0.688. The summed E-state index contributed by atoms with van der Waals surface area (Å²) in [6, 6.07) is 0. The molecule has 2 aromatic rings. The van der Waals surface area contributed by atoms with E-state index >= 15 is 0 Å². The van der Waals surface area contributed by atoms with Gasteiger partial charge >= 0.3 is 0 Å². The van der Waals surface area contributed by atoms with Gasteiger partial charge in [-0.15, -0.1) is 0 Å². The van der Waals surface area contributed by atoms with E-state index in [0.29, 0.717) is 0 Å². The van der Waals surface area contributed by atoms with Crippen molar-refractivity contribution in [1.82, 2.24) is 4.98 Å². The number of benzene rings is 1. The van der Waals surface area contributed by atoms with Gasteiger partial charge in [-0.1, -0.05) is 0 Å². The topological polar surface area (TPSA) is 28.1 Å². The molecule has 4 rings (SSSR count). The maximum absolute atomic E-state index is 5.04. The number of aryl methyl sites for hydroxylation is 1. The van der Waals surface area contributed by atoms with Gasteiger partial charge in [-0.3, -0.25) is 4.99 Å². The second kappa shape index (κ2) is 5.45. The molecule has 0 spiro atoms. The Balaban J connectivity index is 1.99. The van der Waals surface area contributed by atoms with E-state index in [1.165, 1.54) is 80.9 Å². The number of aromatic nitrogens is 1. The molecule has 0 radical (unpaired) electrons. The maximum atomic E-state index is 5.04. The first-order valence-electron chi connectivity index (χ1n) is 9.40. The van der Waals surface area contributed by atoms with Crippen LogP contribution in [-0.4, -0.2) is 10.7 Å². The molecule has 1 aliphatic heterocycles. The summed E-state index contributed by atoms with van der Waals surface area (Å²) in [5.41, 5.74) is 17.6. The minimum atomic E-state index is 1.16. The third-order valence-electron chi connectivity index (χ3n) is 6.62. The van der Waals surface area contributed by atoms with Gasteiger partial charge in [0.2, 0.25) is 0 Å². The van der Waals surface area contributed by atoms with Crippen molar-refractivity contribution in [3.63, 3.8) is 0 Å². The van der Waals surface area contributed by atoms with Crippen molar-refractivity contribution in [3.05, 3.63) is 55.9 Å². The van der Waals surface area contributed by atoms with Gasteiger partial charge in [-0.2, -0.15) is 0 Å². The molecule has 2 nitrogen and oxygen atoms in total. The lowest BCUT2D eigenvalue weighted by Gasteiger charge is -2.17. The van der Waals surface area contributed by atoms with E-state index in [2.05, 4.69) is 53.5 Å². The van der Waals surface area contributed by atoms with Gasteiger partial charge in [0, 0.05) is 28.2 Å². The molecule has 0 atom stereocenters. The van der Waals surface area contributed by atoms with Crippen molar-refractivity contribution in [2.24, 2.45) is 4.99 Å². The smallest absolute Gasteiger partial charge is 0.0764 e. The van der Waals surface area contributed by atoms with Crippen LogP contribution >= 0.6 is 0 Å². The van der Waals surface area contributed by atoms with Gasteiger partial charge in [-0.05, 0) is 107 Å². The predicted molar refractivity (Wildman–Crippen MR) is 108 cm³/mol. The molecule has 1 N–H and O–H groups in total. The zero-order valence-electron chi connectivity index (χ0n) is 16.6. The summed E-state index contributed by atoms with van der Waals surface area (Å²) in [4.78, 5) is 8.75. The molecule has 2 heteroatoms. The minimum Gasteiger partial charge on any atom is -0.358 e. The van der Waals surface area contributed by atoms with Crippen molar-refractivity contribution in [1.29, 1.82) is 0 Å². The van der Waals surface area contributed by atoms with Crippen LogP contribution < -0.4 is 0 Å². The zero-order chi connectivity index (χ0) is 18.0. The van der Waals surface area contributed by atoms with Crippen LogP contribution in [0.5, 0.6) is 0 Å². The van der Waals surface area contributed by atoms with E-state index in [0.717, 1.165) is 5.71 Å². The molecule has 0 fully saturated rings. The van der Waals surface area contributed by atoms with E-state index < -0.39 is 0 Å². The monoisotopic (exact) mass is 332 g/mol. The Kier molecular flexibility index (Phi) is 3.57. The Morgan fingerprint density at radius 1 is 0.800 bits per heavy atom. The van der Waals surface area contributed by atoms with Crippen LogP contribution in [0, 0.1) is 34.6 Å². The molecule has 2 aliphatic rings. The number of aliphatic imine (C=N–C) groups is 1. The third-order valence-corrected chi connectivity index (χ3v) is 6.62. The standard InChI is InChI=1S/C23H28N2/c1-11-12(2)14(4)21-20(13(11)3)17(7)24-23(21)16(6)22-15(5)18-9-8-10-19(18)25-22/h25H,8-10H2,1-7H3. The summed E-state index contributed by atoms with van der Waals surface area (Å²) in [5.74, 6) is 0. The largest absolute Gasteiger partial charge is 0.358 e. The van der Waals surface area contributed by atoms with E-state index in [1.54, 1.807) is 5.56 Å². The third kappa shape index (κ3) is 2.13. The molecule has 1 aromatic carbocycles.